The average Bonchev–Trinajstić information content (AvgIpc) is 2.03. The van der Waals surface area contributed by atoms with E-state index in [1.165, 1.54) is 0 Å². The molecule has 2 unspecified atom stereocenters. The minimum absolute atomic E-state index is 0.244. The Labute approximate surface area is 79.9 Å². The van der Waals surface area contributed by atoms with E-state index in [0.717, 1.165) is 0 Å². The molecular formula is C9H20N2O2. The number of carbonyl (C=O) groups is 1. The highest BCUT2D eigenvalue weighted by atomic mass is 16.4. The molecular weight excluding hydrogens is 168 g/mol. The first-order valence-electron chi connectivity index (χ1n) is 4.42. The molecule has 0 aromatic rings. The van der Waals surface area contributed by atoms with E-state index in [9.17, 15) is 4.79 Å². The zero-order valence-electron chi connectivity index (χ0n) is 9.09. The van der Waals surface area contributed by atoms with Crippen molar-refractivity contribution in [2.24, 2.45) is 0 Å². The summed E-state index contributed by atoms with van der Waals surface area (Å²) in [7, 11) is 5.57. The van der Waals surface area contributed by atoms with Crippen LogP contribution in [0.5, 0.6) is 0 Å². The predicted molar refractivity (Wildman–Crippen MR) is 52.9 cm³/mol. The maximum absolute atomic E-state index is 10.9. The molecule has 2 atom stereocenters. The van der Waals surface area contributed by atoms with Gasteiger partial charge in [-0.15, -0.1) is 0 Å². The average molecular weight is 188 g/mol. The topological polar surface area (TPSA) is 52.6 Å². The number of nitrogens with one attached hydrogen (secondary N) is 1. The van der Waals surface area contributed by atoms with Gasteiger partial charge in [0.05, 0.1) is 0 Å². The molecule has 0 fully saturated rings. The zero-order valence-corrected chi connectivity index (χ0v) is 9.09. The number of rotatable bonds is 5. The Morgan fingerprint density at radius 2 is 2.08 bits per heavy atom. The van der Waals surface area contributed by atoms with Crippen molar-refractivity contribution in [2.75, 3.05) is 21.1 Å². The Hall–Kier alpha value is -0.610. The molecule has 2 N–H and O–H groups in total. The van der Waals surface area contributed by atoms with Crippen molar-refractivity contribution in [3.63, 3.8) is 0 Å². The second kappa shape index (κ2) is 4.58. The largest absolute Gasteiger partial charge is 0.480 e. The Morgan fingerprint density at radius 3 is 2.31 bits per heavy atom. The van der Waals surface area contributed by atoms with Gasteiger partial charge in [0, 0.05) is 6.04 Å². The maximum atomic E-state index is 10.9. The van der Waals surface area contributed by atoms with Gasteiger partial charge in [0.1, 0.15) is 5.54 Å². The molecule has 13 heavy (non-hydrogen) atoms. The Balaban J connectivity index is 4.36. The van der Waals surface area contributed by atoms with Crippen LogP contribution in [0.15, 0.2) is 0 Å². The van der Waals surface area contributed by atoms with Crippen molar-refractivity contribution >= 4 is 5.97 Å². The number of hydrogen-bond donors (Lipinski definition) is 2. The summed E-state index contributed by atoms with van der Waals surface area (Å²) in [6, 6.07) is 0.244. The number of nitrogens with zero attached hydrogens (tertiary/aromatic N) is 1. The van der Waals surface area contributed by atoms with Crippen molar-refractivity contribution in [2.45, 2.75) is 31.8 Å². The van der Waals surface area contributed by atoms with Gasteiger partial charge in [0.2, 0.25) is 0 Å². The number of carboxylic acids is 1. The molecule has 0 rings (SSSR count). The van der Waals surface area contributed by atoms with E-state index in [-0.39, 0.29) is 6.04 Å². The van der Waals surface area contributed by atoms with Crippen LogP contribution in [0.4, 0.5) is 0 Å². The normalized spacial score (nSPS) is 18.3. The number of aliphatic carboxylic acids is 1. The minimum Gasteiger partial charge on any atom is -0.480 e. The third kappa shape index (κ3) is 3.32. The molecule has 4 nitrogen and oxygen atoms in total. The summed E-state index contributed by atoms with van der Waals surface area (Å²) in [6.45, 7) is 3.72. The van der Waals surface area contributed by atoms with E-state index in [1.54, 1.807) is 14.0 Å². The van der Waals surface area contributed by atoms with Crippen LogP contribution in [-0.2, 0) is 4.79 Å². The van der Waals surface area contributed by atoms with Crippen molar-refractivity contribution in [1.29, 1.82) is 0 Å². The summed E-state index contributed by atoms with van der Waals surface area (Å²) in [5.41, 5.74) is -0.830. The van der Waals surface area contributed by atoms with Gasteiger partial charge in [-0.1, -0.05) is 0 Å². The van der Waals surface area contributed by atoms with Crippen molar-refractivity contribution in [1.82, 2.24) is 10.2 Å². The van der Waals surface area contributed by atoms with Gasteiger partial charge < -0.3 is 15.3 Å². The first-order valence-corrected chi connectivity index (χ1v) is 4.42. The molecule has 0 saturated heterocycles. The molecule has 0 heterocycles. The van der Waals surface area contributed by atoms with E-state index in [2.05, 4.69) is 5.32 Å². The Morgan fingerprint density at radius 1 is 1.62 bits per heavy atom. The van der Waals surface area contributed by atoms with Crippen molar-refractivity contribution < 1.29 is 9.90 Å². The lowest BCUT2D eigenvalue weighted by Crippen LogP contribution is -2.51. The van der Waals surface area contributed by atoms with Gasteiger partial charge in [-0.2, -0.15) is 0 Å². The van der Waals surface area contributed by atoms with Crippen LogP contribution in [0.25, 0.3) is 0 Å². The van der Waals surface area contributed by atoms with E-state index < -0.39 is 11.5 Å². The highest BCUT2D eigenvalue weighted by Gasteiger charge is 2.33. The standard InChI is InChI=1S/C9H20N2O2/c1-7(11(4)5)6-9(2,10-3)8(12)13/h7,10H,6H2,1-5H3,(H,12,13). The Kier molecular flexibility index (Phi) is 4.36. The van der Waals surface area contributed by atoms with Crippen LogP contribution in [0.2, 0.25) is 0 Å². The molecule has 0 amide bonds. The molecule has 0 radical (unpaired) electrons. The molecule has 0 saturated carbocycles. The SMILES string of the molecule is CNC(C)(CC(C)N(C)C)C(=O)O. The Bertz CT molecular complexity index is 182. The zero-order chi connectivity index (χ0) is 10.6. The van der Waals surface area contributed by atoms with Gasteiger partial charge in [0.15, 0.2) is 0 Å². The van der Waals surface area contributed by atoms with Crippen LogP contribution >= 0.6 is 0 Å². The first-order chi connectivity index (χ1) is 5.83. The fourth-order valence-corrected chi connectivity index (χ4v) is 1.07. The van der Waals surface area contributed by atoms with E-state index in [4.69, 9.17) is 5.11 Å². The lowest BCUT2D eigenvalue weighted by Gasteiger charge is -2.30. The lowest BCUT2D eigenvalue weighted by molar-refractivity contribution is -0.144. The van der Waals surface area contributed by atoms with Crippen molar-refractivity contribution in [3.05, 3.63) is 0 Å². The summed E-state index contributed by atoms with van der Waals surface area (Å²) in [5, 5.41) is 11.8. The van der Waals surface area contributed by atoms with Crippen LogP contribution in [-0.4, -0.2) is 48.7 Å². The highest BCUT2D eigenvalue weighted by molar-refractivity contribution is 5.78. The monoisotopic (exact) mass is 188 g/mol. The van der Waals surface area contributed by atoms with Crippen LogP contribution in [0, 0.1) is 0 Å². The number of likely N-dealkylation sites (N-methyl/N-ethyl adjacent to an activating group) is 1. The third-order valence-corrected chi connectivity index (χ3v) is 2.61. The lowest BCUT2D eigenvalue weighted by atomic mass is 9.93. The van der Waals surface area contributed by atoms with E-state index in [1.807, 2.05) is 25.9 Å². The fourth-order valence-electron chi connectivity index (χ4n) is 1.07. The summed E-state index contributed by atoms with van der Waals surface area (Å²) < 4.78 is 0. The van der Waals surface area contributed by atoms with Gasteiger partial charge in [-0.3, -0.25) is 4.79 Å². The molecule has 0 aliphatic rings. The quantitative estimate of drug-likeness (QED) is 0.655. The van der Waals surface area contributed by atoms with Crippen molar-refractivity contribution in [3.8, 4) is 0 Å². The summed E-state index contributed by atoms with van der Waals surface area (Å²) >= 11 is 0. The van der Waals surface area contributed by atoms with Gasteiger partial charge in [-0.25, -0.2) is 0 Å². The molecule has 78 valence electrons. The second-order valence-electron chi connectivity index (χ2n) is 3.90. The molecule has 0 aromatic carbocycles. The summed E-state index contributed by atoms with van der Waals surface area (Å²) in [4.78, 5) is 12.9. The molecule has 0 aliphatic carbocycles. The maximum Gasteiger partial charge on any atom is 0.323 e. The molecule has 4 heteroatoms. The first kappa shape index (κ1) is 12.4. The van der Waals surface area contributed by atoms with Crippen LogP contribution < -0.4 is 5.32 Å². The summed E-state index contributed by atoms with van der Waals surface area (Å²) in [5.74, 6) is -0.802. The molecule has 0 spiro atoms. The summed E-state index contributed by atoms with van der Waals surface area (Å²) in [6.07, 6.45) is 0.589. The molecule has 0 bridgehead atoms. The minimum atomic E-state index is -0.830. The molecule has 0 aromatic heterocycles. The highest BCUT2D eigenvalue weighted by Crippen LogP contribution is 2.14. The van der Waals surface area contributed by atoms with E-state index in [0.29, 0.717) is 6.42 Å². The van der Waals surface area contributed by atoms with Gasteiger partial charge in [0.25, 0.3) is 0 Å². The fraction of sp³-hybridized carbons (Fsp3) is 0.889. The third-order valence-electron chi connectivity index (χ3n) is 2.61. The number of carboxylic acid groups (broad SMARTS) is 1. The van der Waals surface area contributed by atoms with Crippen LogP contribution in [0.3, 0.4) is 0 Å². The van der Waals surface area contributed by atoms with Gasteiger partial charge in [-0.05, 0) is 41.4 Å². The number of hydrogen-bond acceptors (Lipinski definition) is 3. The predicted octanol–water partition coefficient (Wildman–Crippen LogP) is 0.389. The van der Waals surface area contributed by atoms with Gasteiger partial charge >= 0.3 is 5.97 Å². The van der Waals surface area contributed by atoms with Crippen LogP contribution in [0.1, 0.15) is 20.3 Å². The second-order valence-corrected chi connectivity index (χ2v) is 3.90. The molecule has 0 aliphatic heterocycles. The smallest absolute Gasteiger partial charge is 0.323 e. The van der Waals surface area contributed by atoms with E-state index >= 15 is 0 Å².